The summed E-state index contributed by atoms with van der Waals surface area (Å²) in [5.74, 6) is 2.38. The molecule has 1 saturated heterocycles. The fourth-order valence-electron chi connectivity index (χ4n) is 6.88. The molecule has 5 aliphatic rings. The van der Waals surface area contributed by atoms with E-state index in [1.165, 1.54) is 37.8 Å². The number of benzene rings is 1. The third-order valence-electron chi connectivity index (χ3n) is 8.68. The summed E-state index contributed by atoms with van der Waals surface area (Å²) in [4.78, 5) is 2.56. The fraction of sp³-hybridized carbons (Fsp3) is 0.615. The Labute approximate surface area is 225 Å². The molecular formula is C26H32NO4PW2. The SMILES string of the molecule is Oc1ccc2c3c1O[C@H]1C(O[C](=[W])CCC[C](=[W])CP)=CC[C@@]4(O)[C@@H](C2)N(CC2CC2)CC[C@]314. The van der Waals surface area contributed by atoms with Crippen LogP contribution in [0.15, 0.2) is 24.0 Å². The van der Waals surface area contributed by atoms with E-state index in [1.807, 2.05) is 0 Å². The van der Waals surface area contributed by atoms with E-state index in [0.717, 1.165) is 72.7 Å². The van der Waals surface area contributed by atoms with Crippen LogP contribution < -0.4 is 4.74 Å². The van der Waals surface area contributed by atoms with Gasteiger partial charge in [0.05, 0.1) is 0 Å². The molecule has 5 atom stereocenters. The number of hydrogen-bond donors (Lipinski definition) is 2. The molecule has 1 unspecified atom stereocenters. The van der Waals surface area contributed by atoms with Crippen molar-refractivity contribution in [3.63, 3.8) is 0 Å². The number of aliphatic hydroxyl groups is 1. The monoisotopic (exact) mass is 821 g/mol. The van der Waals surface area contributed by atoms with Gasteiger partial charge < -0.3 is 0 Å². The molecule has 3 aliphatic carbocycles. The number of rotatable bonds is 9. The molecule has 5 nitrogen and oxygen atoms in total. The number of aromatic hydroxyl groups is 1. The molecule has 8 heteroatoms. The van der Waals surface area contributed by atoms with Crippen LogP contribution in [0.25, 0.3) is 0 Å². The second-order valence-electron chi connectivity index (χ2n) is 10.6. The van der Waals surface area contributed by atoms with Crippen molar-refractivity contribution in [2.45, 2.75) is 74.5 Å². The fourth-order valence-corrected chi connectivity index (χ4v) is 8.47. The van der Waals surface area contributed by atoms with Gasteiger partial charge in [-0.3, -0.25) is 0 Å². The van der Waals surface area contributed by atoms with Crippen LogP contribution in [0.3, 0.4) is 0 Å². The normalized spacial score (nSPS) is 33.1. The van der Waals surface area contributed by atoms with Gasteiger partial charge in [-0.2, -0.15) is 0 Å². The zero-order valence-corrected chi connectivity index (χ0v) is 26.3. The Kier molecular flexibility index (Phi) is 6.39. The first kappa shape index (κ1) is 24.2. The summed E-state index contributed by atoms with van der Waals surface area (Å²) in [6.07, 6.45) is 10.9. The zero-order chi connectivity index (χ0) is 23.7. The molecule has 2 fully saturated rings. The molecule has 0 amide bonds. The number of nitrogens with zero attached hydrogens (tertiary/aromatic N) is 1. The minimum absolute atomic E-state index is 0.0809. The predicted octanol–water partition coefficient (Wildman–Crippen LogP) is 2.91. The molecule has 0 radical (unpaired) electrons. The van der Waals surface area contributed by atoms with Gasteiger partial charge >= 0.3 is 227 Å². The van der Waals surface area contributed by atoms with Crippen LogP contribution >= 0.6 is 9.24 Å². The molecule has 6 rings (SSSR count). The Morgan fingerprint density at radius 2 is 2.09 bits per heavy atom. The number of phenols is 1. The van der Waals surface area contributed by atoms with Gasteiger partial charge in [-0.05, 0) is 0 Å². The maximum absolute atomic E-state index is 12.5. The molecule has 182 valence electrons. The Bertz CT molecular complexity index is 1090. The minimum atomic E-state index is -0.905. The summed E-state index contributed by atoms with van der Waals surface area (Å²) in [6.45, 7) is 2.05. The third kappa shape index (κ3) is 3.67. The number of hydrogen-bond acceptors (Lipinski definition) is 5. The summed E-state index contributed by atoms with van der Waals surface area (Å²) in [5.41, 5.74) is 0.823. The maximum atomic E-state index is 12.5. The Hall–Kier alpha value is -0.173. The van der Waals surface area contributed by atoms with Gasteiger partial charge in [0.2, 0.25) is 0 Å². The van der Waals surface area contributed by atoms with Crippen LogP contribution in [-0.2, 0) is 55.3 Å². The van der Waals surface area contributed by atoms with Crippen LogP contribution in [0.2, 0.25) is 0 Å². The molecule has 2 N–H and O–H groups in total. The van der Waals surface area contributed by atoms with Gasteiger partial charge in [-0.15, -0.1) is 0 Å². The molecule has 34 heavy (non-hydrogen) atoms. The van der Waals surface area contributed by atoms with Crippen molar-refractivity contribution in [2.24, 2.45) is 5.92 Å². The summed E-state index contributed by atoms with van der Waals surface area (Å²) >= 11 is 2.93. The standard InChI is InChI=1S/C26H32NO4P.2W/c28-19-8-7-18-15-21-26(29)10-9-20(30-13-3-1-2-4-14-32)24-25(26,22(18)23(19)31-24)11-12-27(21)16-17-5-6-17;;/h7-9,17,21,24,28-29H,1-3,5-6,10-12,14-16,32H2;;/t21-,24+,25+,26-;;/m1../s1. The van der Waals surface area contributed by atoms with Gasteiger partial charge in [0.15, 0.2) is 0 Å². The first-order chi connectivity index (χ1) is 16.4. The van der Waals surface area contributed by atoms with Crippen LogP contribution in [0.4, 0.5) is 0 Å². The van der Waals surface area contributed by atoms with Crippen molar-refractivity contribution >= 4 is 17.2 Å². The van der Waals surface area contributed by atoms with Crippen molar-refractivity contribution in [3.8, 4) is 11.5 Å². The van der Waals surface area contributed by atoms with E-state index in [2.05, 4.69) is 26.3 Å². The summed E-state index contributed by atoms with van der Waals surface area (Å²) < 4.78 is 15.7. The zero-order valence-electron chi connectivity index (χ0n) is 19.3. The van der Waals surface area contributed by atoms with Crippen LogP contribution in [-0.4, -0.2) is 60.1 Å². The molecule has 0 aromatic heterocycles. The van der Waals surface area contributed by atoms with E-state index in [0.29, 0.717) is 12.2 Å². The van der Waals surface area contributed by atoms with E-state index in [4.69, 9.17) is 9.47 Å². The third-order valence-corrected chi connectivity index (χ3v) is 12.7. The molecule has 1 spiro atoms. The van der Waals surface area contributed by atoms with Crippen molar-refractivity contribution in [2.75, 3.05) is 19.3 Å². The summed E-state index contributed by atoms with van der Waals surface area (Å²) in [6, 6.07) is 3.91. The van der Waals surface area contributed by atoms with Gasteiger partial charge in [-0.25, -0.2) is 0 Å². The van der Waals surface area contributed by atoms with Gasteiger partial charge in [-0.1, -0.05) is 0 Å². The molecule has 2 aliphatic heterocycles. The Morgan fingerprint density at radius 1 is 1.26 bits per heavy atom. The quantitative estimate of drug-likeness (QED) is 0.376. The van der Waals surface area contributed by atoms with E-state index in [1.54, 1.807) is 29.3 Å². The van der Waals surface area contributed by atoms with Gasteiger partial charge in [0, 0.05) is 0 Å². The van der Waals surface area contributed by atoms with Crippen LogP contribution in [0, 0.1) is 5.92 Å². The molecule has 1 saturated carbocycles. The van der Waals surface area contributed by atoms with Crippen molar-refractivity contribution in [1.82, 2.24) is 4.90 Å². The molecule has 1 aromatic rings. The Morgan fingerprint density at radius 3 is 2.85 bits per heavy atom. The number of piperidine rings is 1. The summed E-state index contributed by atoms with van der Waals surface area (Å²) in [7, 11) is 2.82. The van der Waals surface area contributed by atoms with E-state index < -0.39 is 11.0 Å². The van der Waals surface area contributed by atoms with E-state index >= 15 is 0 Å². The van der Waals surface area contributed by atoms with Crippen LogP contribution in [0.5, 0.6) is 11.5 Å². The second-order valence-corrected chi connectivity index (χ2v) is 14.7. The first-order valence-corrected chi connectivity index (χ1v) is 16.2. The van der Waals surface area contributed by atoms with E-state index in [-0.39, 0.29) is 17.9 Å². The van der Waals surface area contributed by atoms with Crippen molar-refractivity contribution in [1.29, 1.82) is 0 Å². The first-order valence-electron chi connectivity index (χ1n) is 12.5. The van der Waals surface area contributed by atoms with Crippen LogP contribution in [0.1, 0.15) is 56.1 Å². The predicted molar refractivity (Wildman–Crippen MR) is 128 cm³/mol. The molecular weight excluding hydrogens is 789 g/mol. The van der Waals surface area contributed by atoms with Gasteiger partial charge in [0.25, 0.3) is 0 Å². The average Bonchev–Trinajstić information content (AvgIpc) is 3.55. The molecule has 2 bridgehead atoms. The number of ether oxygens (including phenoxy) is 2. The van der Waals surface area contributed by atoms with Crippen molar-refractivity contribution < 1.29 is 58.4 Å². The van der Waals surface area contributed by atoms with Gasteiger partial charge in [0.1, 0.15) is 0 Å². The number of likely N-dealkylation sites (tertiary alicyclic amines) is 1. The Balaban J connectivity index is 1.33. The molecule has 2 heterocycles. The summed E-state index contributed by atoms with van der Waals surface area (Å²) in [5, 5.41) is 23.2. The second kappa shape index (κ2) is 8.99. The molecule has 1 aromatic carbocycles. The average molecular weight is 821 g/mol. The number of phenolic OH excluding ortho intramolecular Hbond substituents is 1. The topological polar surface area (TPSA) is 62.2 Å². The van der Waals surface area contributed by atoms with E-state index in [9.17, 15) is 10.2 Å². The van der Waals surface area contributed by atoms with Crippen molar-refractivity contribution in [3.05, 3.63) is 35.1 Å².